The minimum atomic E-state index is 0.0123. The monoisotopic (exact) mass is 300 g/mol. The Morgan fingerprint density at radius 2 is 2.06 bits per heavy atom. The molecule has 5 heteroatoms. The minimum Gasteiger partial charge on any atom is -0.329 e. The molecule has 18 heavy (non-hydrogen) atoms. The lowest BCUT2D eigenvalue weighted by molar-refractivity contribution is 0.545. The van der Waals surface area contributed by atoms with Crippen molar-refractivity contribution in [2.45, 2.75) is 12.6 Å². The van der Waals surface area contributed by atoms with Crippen molar-refractivity contribution in [3.05, 3.63) is 56.2 Å². The summed E-state index contributed by atoms with van der Waals surface area (Å²) >= 11 is 13.9. The lowest BCUT2D eigenvalue weighted by Gasteiger charge is -2.18. The number of nitrogens with one attached hydrogen (secondary N) is 1. The number of halogens is 2. The van der Waals surface area contributed by atoms with Gasteiger partial charge in [0.15, 0.2) is 0 Å². The molecule has 1 atom stereocenters. The van der Waals surface area contributed by atoms with Gasteiger partial charge in [-0.25, -0.2) is 0 Å². The number of hydrogen-bond donors (Lipinski definition) is 2. The number of hydrogen-bond acceptors (Lipinski definition) is 3. The number of nitrogens with two attached hydrogens (primary N) is 1. The lowest BCUT2D eigenvalue weighted by atomic mass is 10.1. The molecule has 0 aliphatic heterocycles. The zero-order valence-electron chi connectivity index (χ0n) is 9.70. The molecule has 3 N–H and O–H groups in total. The molecule has 2 aromatic rings. The maximum atomic E-state index is 6.20. The molecule has 0 spiro atoms. The molecule has 0 aliphatic rings. The van der Waals surface area contributed by atoms with E-state index in [2.05, 4.69) is 16.8 Å². The molecular formula is C13H14Cl2N2S. The van der Waals surface area contributed by atoms with Gasteiger partial charge in [0.05, 0.1) is 10.0 Å². The largest absolute Gasteiger partial charge is 0.329 e. The molecule has 2 rings (SSSR count). The smallest absolute Gasteiger partial charge is 0.0640 e. The zero-order valence-corrected chi connectivity index (χ0v) is 12.0. The molecule has 1 unspecified atom stereocenters. The molecular weight excluding hydrogens is 287 g/mol. The fraction of sp³-hybridized carbons (Fsp3) is 0.231. The highest BCUT2D eigenvalue weighted by molar-refractivity contribution is 7.09. The zero-order chi connectivity index (χ0) is 13.0. The van der Waals surface area contributed by atoms with Gasteiger partial charge in [-0.05, 0) is 23.1 Å². The third kappa shape index (κ3) is 3.25. The van der Waals surface area contributed by atoms with Crippen LogP contribution in [0, 0.1) is 0 Å². The lowest BCUT2D eigenvalue weighted by Crippen LogP contribution is -2.27. The van der Waals surface area contributed by atoms with E-state index in [1.165, 1.54) is 4.88 Å². The van der Waals surface area contributed by atoms with Crippen molar-refractivity contribution in [1.82, 2.24) is 5.32 Å². The highest BCUT2D eigenvalue weighted by Gasteiger charge is 2.14. The summed E-state index contributed by atoms with van der Waals surface area (Å²) in [7, 11) is 0. The van der Waals surface area contributed by atoms with Crippen LogP contribution >= 0.6 is 34.5 Å². The van der Waals surface area contributed by atoms with Gasteiger partial charge in [-0.2, -0.15) is 0 Å². The van der Waals surface area contributed by atoms with Crippen molar-refractivity contribution in [3.63, 3.8) is 0 Å². The van der Waals surface area contributed by atoms with Crippen LogP contribution in [0.2, 0.25) is 10.0 Å². The first-order chi connectivity index (χ1) is 8.72. The van der Waals surface area contributed by atoms with Gasteiger partial charge < -0.3 is 11.1 Å². The highest BCUT2D eigenvalue weighted by atomic mass is 35.5. The van der Waals surface area contributed by atoms with Crippen LogP contribution in [0.4, 0.5) is 0 Å². The third-order valence-electron chi connectivity index (χ3n) is 2.70. The maximum Gasteiger partial charge on any atom is 0.0640 e. The van der Waals surface area contributed by atoms with E-state index in [1.807, 2.05) is 18.2 Å². The summed E-state index contributed by atoms with van der Waals surface area (Å²) in [5, 5.41) is 6.59. The Kier molecular flexibility index (Phi) is 5.03. The first kappa shape index (κ1) is 13.8. The fourth-order valence-electron chi connectivity index (χ4n) is 1.75. The Hall–Kier alpha value is -0.580. The molecule has 0 radical (unpaired) electrons. The second-order valence-corrected chi connectivity index (χ2v) is 5.71. The Labute approximate surface area is 121 Å². The van der Waals surface area contributed by atoms with Crippen LogP contribution < -0.4 is 11.1 Å². The van der Waals surface area contributed by atoms with Gasteiger partial charge in [-0.15, -0.1) is 11.3 Å². The van der Waals surface area contributed by atoms with Gasteiger partial charge in [0, 0.05) is 24.0 Å². The van der Waals surface area contributed by atoms with E-state index in [1.54, 1.807) is 17.4 Å². The summed E-state index contributed by atoms with van der Waals surface area (Å²) in [5.41, 5.74) is 6.75. The van der Waals surface area contributed by atoms with E-state index in [0.29, 0.717) is 16.6 Å². The van der Waals surface area contributed by atoms with Crippen molar-refractivity contribution in [2.24, 2.45) is 5.73 Å². The van der Waals surface area contributed by atoms with Crippen molar-refractivity contribution < 1.29 is 0 Å². The Bertz CT molecular complexity index is 500. The summed E-state index contributed by atoms with van der Waals surface area (Å²) in [6.07, 6.45) is 0. The molecule has 1 aromatic heterocycles. The van der Waals surface area contributed by atoms with E-state index >= 15 is 0 Å². The number of thiophene rings is 1. The average molecular weight is 301 g/mol. The molecule has 0 aliphatic carbocycles. The van der Waals surface area contributed by atoms with E-state index in [-0.39, 0.29) is 6.04 Å². The summed E-state index contributed by atoms with van der Waals surface area (Å²) in [4.78, 5) is 1.27. The molecule has 0 saturated heterocycles. The number of rotatable bonds is 5. The van der Waals surface area contributed by atoms with E-state index < -0.39 is 0 Å². The minimum absolute atomic E-state index is 0.0123. The van der Waals surface area contributed by atoms with Gasteiger partial charge in [0.25, 0.3) is 0 Å². The molecule has 96 valence electrons. The third-order valence-corrected chi connectivity index (χ3v) is 4.41. The quantitative estimate of drug-likeness (QED) is 0.880. The van der Waals surface area contributed by atoms with Crippen molar-refractivity contribution in [2.75, 3.05) is 6.54 Å². The second kappa shape index (κ2) is 6.55. The predicted molar refractivity (Wildman–Crippen MR) is 79.4 cm³/mol. The van der Waals surface area contributed by atoms with Gasteiger partial charge in [-0.1, -0.05) is 41.4 Å². The van der Waals surface area contributed by atoms with Crippen LogP contribution in [0.3, 0.4) is 0 Å². The van der Waals surface area contributed by atoms with Crippen molar-refractivity contribution in [1.29, 1.82) is 0 Å². The van der Waals surface area contributed by atoms with E-state index in [4.69, 9.17) is 28.9 Å². The molecule has 1 aromatic carbocycles. The Morgan fingerprint density at radius 3 is 2.72 bits per heavy atom. The molecule has 1 heterocycles. The Balaban J connectivity index is 2.10. The molecule has 0 fully saturated rings. The first-order valence-corrected chi connectivity index (χ1v) is 7.25. The van der Waals surface area contributed by atoms with Crippen LogP contribution in [-0.4, -0.2) is 6.54 Å². The van der Waals surface area contributed by atoms with Crippen LogP contribution in [0.15, 0.2) is 35.7 Å². The van der Waals surface area contributed by atoms with Gasteiger partial charge >= 0.3 is 0 Å². The van der Waals surface area contributed by atoms with E-state index in [0.717, 1.165) is 12.1 Å². The predicted octanol–water partition coefficient (Wildman–Crippen LogP) is 3.84. The Morgan fingerprint density at radius 1 is 1.22 bits per heavy atom. The second-order valence-electron chi connectivity index (χ2n) is 3.89. The van der Waals surface area contributed by atoms with Crippen LogP contribution in [0.5, 0.6) is 0 Å². The van der Waals surface area contributed by atoms with Crippen LogP contribution in [0.1, 0.15) is 16.5 Å². The van der Waals surface area contributed by atoms with Gasteiger partial charge in [0.2, 0.25) is 0 Å². The summed E-state index contributed by atoms with van der Waals surface area (Å²) in [6.45, 7) is 1.26. The molecule has 0 amide bonds. The average Bonchev–Trinajstić information content (AvgIpc) is 2.88. The topological polar surface area (TPSA) is 38.0 Å². The summed E-state index contributed by atoms with van der Waals surface area (Å²) in [5.74, 6) is 0. The van der Waals surface area contributed by atoms with Crippen LogP contribution in [-0.2, 0) is 6.54 Å². The van der Waals surface area contributed by atoms with Crippen molar-refractivity contribution >= 4 is 34.5 Å². The number of benzene rings is 1. The summed E-state index contributed by atoms with van der Waals surface area (Å²) < 4.78 is 0. The molecule has 0 bridgehead atoms. The normalized spacial score (nSPS) is 12.6. The van der Waals surface area contributed by atoms with E-state index in [9.17, 15) is 0 Å². The first-order valence-electron chi connectivity index (χ1n) is 5.62. The SMILES string of the molecule is NCC(NCc1cccs1)c1cccc(Cl)c1Cl. The van der Waals surface area contributed by atoms with Gasteiger partial charge in [-0.3, -0.25) is 0 Å². The maximum absolute atomic E-state index is 6.20. The molecule has 2 nitrogen and oxygen atoms in total. The standard InChI is InChI=1S/C13H14Cl2N2S/c14-11-5-1-4-10(13(11)15)12(7-16)17-8-9-3-2-6-18-9/h1-6,12,17H,7-8,16H2. The highest BCUT2D eigenvalue weighted by Crippen LogP contribution is 2.29. The van der Waals surface area contributed by atoms with Crippen molar-refractivity contribution in [3.8, 4) is 0 Å². The molecule has 0 saturated carbocycles. The van der Waals surface area contributed by atoms with Gasteiger partial charge in [0.1, 0.15) is 0 Å². The fourth-order valence-corrected chi connectivity index (χ4v) is 2.84. The summed E-state index contributed by atoms with van der Waals surface area (Å²) in [6, 6.07) is 9.75. The van der Waals surface area contributed by atoms with Crippen LogP contribution in [0.25, 0.3) is 0 Å².